The molecule has 1 aromatic carbocycles. The van der Waals surface area contributed by atoms with Crippen LogP contribution in [0.3, 0.4) is 0 Å². The molecule has 0 bridgehead atoms. The maximum Gasteiger partial charge on any atom is 0.235 e. The fourth-order valence-corrected chi connectivity index (χ4v) is 4.09. The van der Waals surface area contributed by atoms with E-state index < -0.39 is 11.2 Å². The monoisotopic (exact) mass is 337 g/mol. The van der Waals surface area contributed by atoms with Crippen LogP contribution in [0.25, 0.3) is 0 Å². The molecule has 5 heteroatoms. The number of benzene rings is 1. The smallest absolute Gasteiger partial charge is 0.235 e. The molecule has 20 heavy (non-hydrogen) atoms. The van der Waals surface area contributed by atoms with Crippen molar-refractivity contribution in [1.82, 2.24) is 0 Å². The first kappa shape index (κ1) is 12.8. The number of hydrogen-bond donors (Lipinski definition) is 1. The molecule has 3 aliphatic rings. The SMILES string of the molecule is O=C1Nc2ccc(Br)cc2C12CCC1(CC2)OCCO1. The molecule has 0 radical (unpaired) electrons. The molecule has 1 amide bonds. The van der Waals surface area contributed by atoms with E-state index in [0.717, 1.165) is 41.4 Å². The molecule has 0 unspecified atom stereocenters. The summed E-state index contributed by atoms with van der Waals surface area (Å²) in [7, 11) is 0. The first-order valence-corrected chi connectivity index (χ1v) is 7.82. The van der Waals surface area contributed by atoms with Crippen molar-refractivity contribution in [3.05, 3.63) is 28.2 Å². The second-order valence-electron chi connectivity index (χ2n) is 5.83. The maximum atomic E-state index is 12.5. The lowest BCUT2D eigenvalue weighted by Crippen LogP contribution is -2.45. The Bertz CT molecular complexity index is 570. The van der Waals surface area contributed by atoms with Crippen molar-refractivity contribution in [3.8, 4) is 0 Å². The molecule has 4 nitrogen and oxygen atoms in total. The van der Waals surface area contributed by atoms with Crippen LogP contribution in [-0.4, -0.2) is 24.9 Å². The van der Waals surface area contributed by atoms with Crippen molar-refractivity contribution >= 4 is 27.5 Å². The van der Waals surface area contributed by atoms with Gasteiger partial charge in [0.1, 0.15) is 0 Å². The van der Waals surface area contributed by atoms with E-state index in [4.69, 9.17) is 9.47 Å². The van der Waals surface area contributed by atoms with E-state index in [9.17, 15) is 4.79 Å². The molecule has 1 aromatic rings. The van der Waals surface area contributed by atoms with Gasteiger partial charge in [0, 0.05) is 23.0 Å². The van der Waals surface area contributed by atoms with Gasteiger partial charge in [-0.2, -0.15) is 0 Å². The highest BCUT2D eigenvalue weighted by atomic mass is 79.9. The first-order valence-electron chi connectivity index (χ1n) is 7.03. The second kappa shape index (κ2) is 4.29. The van der Waals surface area contributed by atoms with Crippen LogP contribution in [0.2, 0.25) is 0 Å². The lowest BCUT2D eigenvalue weighted by molar-refractivity contribution is -0.185. The third-order valence-corrected chi connectivity index (χ3v) is 5.35. The van der Waals surface area contributed by atoms with Crippen molar-refractivity contribution in [2.45, 2.75) is 36.9 Å². The molecule has 0 atom stereocenters. The van der Waals surface area contributed by atoms with Gasteiger partial charge in [-0.05, 0) is 36.6 Å². The Morgan fingerprint density at radius 3 is 2.50 bits per heavy atom. The Morgan fingerprint density at radius 1 is 1.10 bits per heavy atom. The van der Waals surface area contributed by atoms with Crippen molar-refractivity contribution < 1.29 is 14.3 Å². The average molecular weight is 338 g/mol. The van der Waals surface area contributed by atoms with Gasteiger partial charge in [0.15, 0.2) is 5.79 Å². The van der Waals surface area contributed by atoms with E-state index in [2.05, 4.69) is 27.3 Å². The minimum atomic E-state index is -0.430. The van der Waals surface area contributed by atoms with Crippen LogP contribution in [0.15, 0.2) is 22.7 Å². The van der Waals surface area contributed by atoms with E-state index in [1.807, 2.05) is 12.1 Å². The van der Waals surface area contributed by atoms with E-state index in [1.165, 1.54) is 0 Å². The summed E-state index contributed by atoms with van der Waals surface area (Å²) >= 11 is 3.51. The predicted octanol–water partition coefficient (Wildman–Crippen LogP) is 2.96. The van der Waals surface area contributed by atoms with Gasteiger partial charge in [0.2, 0.25) is 5.91 Å². The van der Waals surface area contributed by atoms with Crippen LogP contribution in [0, 0.1) is 0 Å². The number of ether oxygens (including phenoxy) is 2. The lowest BCUT2D eigenvalue weighted by Gasteiger charge is -2.40. The zero-order valence-corrected chi connectivity index (χ0v) is 12.7. The minimum absolute atomic E-state index is 0.124. The van der Waals surface area contributed by atoms with E-state index in [1.54, 1.807) is 0 Å². The Balaban J connectivity index is 1.69. The van der Waals surface area contributed by atoms with Gasteiger partial charge in [-0.3, -0.25) is 4.79 Å². The van der Waals surface area contributed by atoms with Crippen molar-refractivity contribution in [3.63, 3.8) is 0 Å². The summed E-state index contributed by atoms with van der Waals surface area (Å²) in [4.78, 5) is 12.5. The highest BCUT2D eigenvalue weighted by Crippen LogP contribution is 2.51. The van der Waals surface area contributed by atoms with Gasteiger partial charge >= 0.3 is 0 Å². The van der Waals surface area contributed by atoms with Crippen molar-refractivity contribution in [2.24, 2.45) is 0 Å². The summed E-state index contributed by atoms with van der Waals surface area (Å²) in [5.74, 6) is -0.307. The number of amides is 1. The molecule has 1 aliphatic carbocycles. The standard InChI is InChI=1S/C15H16BrNO3/c16-10-1-2-12-11(9-10)14(13(18)17-12)3-5-15(6-4-14)19-7-8-20-15/h1-2,9H,3-8H2,(H,17,18). The Labute approximate surface area is 126 Å². The highest BCUT2D eigenvalue weighted by Gasteiger charge is 2.53. The zero-order valence-electron chi connectivity index (χ0n) is 11.1. The summed E-state index contributed by atoms with van der Waals surface area (Å²) in [5.41, 5.74) is 1.66. The number of carbonyl (C=O) groups excluding carboxylic acids is 1. The van der Waals surface area contributed by atoms with Gasteiger partial charge in [-0.25, -0.2) is 0 Å². The number of nitrogens with one attached hydrogen (secondary N) is 1. The summed E-state index contributed by atoms with van der Waals surface area (Å²) < 4.78 is 12.6. The average Bonchev–Trinajstić information content (AvgIpc) is 2.99. The molecular weight excluding hydrogens is 322 g/mol. The van der Waals surface area contributed by atoms with E-state index in [-0.39, 0.29) is 5.91 Å². The third kappa shape index (κ3) is 1.70. The zero-order chi connectivity index (χ0) is 13.8. The van der Waals surface area contributed by atoms with Gasteiger partial charge in [-0.15, -0.1) is 0 Å². The third-order valence-electron chi connectivity index (χ3n) is 4.86. The molecule has 106 valence electrons. The summed E-state index contributed by atoms with van der Waals surface area (Å²) in [6.45, 7) is 1.34. The molecule has 1 N–H and O–H groups in total. The predicted molar refractivity (Wildman–Crippen MR) is 77.6 cm³/mol. The maximum absolute atomic E-state index is 12.5. The fourth-order valence-electron chi connectivity index (χ4n) is 3.73. The topological polar surface area (TPSA) is 47.6 Å². The van der Waals surface area contributed by atoms with Crippen LogP contribution in [0.4, 0.5) is 5.69 Å². The molecule has 2 aliphatic heterocycles. The molecule has 2 spiro atoms. The van der Waals surface area contributed by atoms with Gasteiger partial charge < -0.3 is 14.8 Å². The Kier molecular flexibility index (Phi) is 2.75. The van der Waals surface area contributed by atoms with Gasteiger partial charge in [0.05, 0.1) is 18.6 Å². The molecule has 0 aromatic heterocycles. The molecule has 4 rings (SSSR count). The first-order chi connectivity index (χ1) is 9.64. The fraction of sp³-hybridized carbons (Fsp3) is 0.533. The number of hydrogen-bond acceptors (Lipinski definition) is 3. The lowest BCUT2D eigenvalue weighted by atomic mass is 9.68. The molecule has 2 heterocycles. The number of anilines is 1. The molecule has 2 fully saturated rings. The summed E-state index contributed by atoms with van der Waals surface area (Å²) in [6.07, 6.45) is 3.13. The molecule has 1 saturated carbocycles. The number of halogens is 1. The number of fused-ring (bicyclic) bond motifs is 2. The Morgan fingerprint density at radius 2 is 1.80 bits per heavy atom. The van der Waals surface area contributed by atoms with Crippen LogP contribution < -0.4 is 5.32 Å². The van der Waals surface area contributed by atoms with Crippen LogP contribution in [0.1, 0.15) is 31.2 Å². The van der Waals surface area contributed by atoms with Crippen molar-refractivity contribution in [2.75, 3.05) is 18.5 Å². The van der Waals surface area contributed by atoms with E-state index >= 15 is 0 Å². The van der Waals surface area contributed by atoms with Crippen LogP contribution in [0.5, 0.6) is 0 Å². The number of carbonyl (C=O) groups is 1. The van der Waals surface area contributed by atoms with Crippen molar-refractivity contribution in [1.29, 1.82) is 0 Å². The van der Waals surface area contributed by atoms with Crippen LogP contribution >= 0.6 is 15.9 Å². The van der Waals surface area contributed by atoms with Gasteiger partial charge in [-0.1, -0.05) is 15.9 Å². The quantitative estimate of drug-likeness (QED) is 0.791. The molecular formula is C15H16BrNO3. The largest absolute Gasteiger partial charge is 0.348 e. The normalized spacial score (nSPS) is 25.9. The molecule has 1 saturated heterocycles. The second-order valence-corrected chi connectivity index (χ2v) is 6.75. The van der Waals surface area contributed by atoms with E-state index in [0.29, 0.717) is 13.2 Å². The van der Waals surface area contributed by atoms with Gasteiger partial charge in [0.25, 0.3) is 0 Å². The highest BCUT2D eigenvalue weighted by molar-refractivity contribution is 9.10. The minimum Gasteiger partial charge on any atom is -0.348 e. The summed E-state index contributed by atoms with van der Waals surface area (Å²) in [6, 6.07) is 6.01. The summed E-state index contributed by atoms with van der Waals surface area (Å²) in [5, 5.41) is 3.02. The number of rotatable bonds is 0. The Hall–Kier alpha value is -0.910. The van der Waals surface area contributed by atoms with Crippen LogP contribution in [-0.2, 0) is 19.7 Å².